The van der Waals surface area contributed by atoms with Crippen LogP contribution in [0.2, 0.25) is 0 Å². The van der Waals surface area contributed by atoms with Gasteiger partial charge in [0.05, 0.1) is 5.69 Å². The molecule has 2 N–H and O–H groups in total. The topological polar surface area (TPSA) is 44.4 Å². The maximum atomic E-state index is 13.7. The van der Waals surface area contributed by atoms with Gasteiger partial charge in [0, 0.05) is 30.5 Å². The predicted octanol–water partition coefficient (Wildman–Crippen LogP) is 4.64. The van der Waals surface area contributed by atoms with Crippen LogP contribution in [0.1, 0.15) is 26.7 Å². The number of halogens is 2. The number of hydrogen-bond acceptors (Lipinski definition) is 3. The van der Waals surface area contributed by atoms with Crippen molar-refractivity contribution < 1.29 is 13.6 Å². The SMILES string of the molecule is CC1CCN(c2ccc(NC(C)C(=O)Nc3ccc(F)cc3F)cc2)CC1. The molecule has 0 aromatic heterocycles. The molecule has 0 saturated carbocycles. The van der Waals surface area contributed by atoms with E-state index in [-0.39, 0.29) is 5.69 Å². The first-order chi connectivity index (χ1) is 12.9. The van der Waals surface area contributed by atoms with Crippen molar-refractivity contribution in [2.45, 2.75) is 32.7 Å². The monoisotopic (exact) mass is 373 g/mol. The fourth-order valence-corrected chi connectivity index (χ4v) is 3.18. The summed E-state index contributed by atoms with van der Waals surface area (Å²) in [5.74, 6) is -1.09. The Balaban J connectivity index is 1.57. The van der Waals surface area contributed by atoms with Gasteiger partial charge in [-0.3, -0.25) is 4.79 Å². The third-order valence-electron chi connectivity index (χ3n) is 4.98. The first kappa shape index (κ1) is 19.1. The number of nitrogens with one attached hydrogen (secondary N) is 2. The molecule has 1 aliphatic heterocycles. The van der Waals surface area contributed by atoms with Crippen LogP contribution in [0.5, 0.6) is 0 Å². The molecule has 144 valence electrons. The van der Waals surface area contributed by atoms with E-state index in [1.54, 1.807) is 6.92 Å². The summed E-state index contributed by atoms with van der Waals surface area (Å²) in [5, 5.41) is 5.58. The summed E-state index contributed by atoms with van der Waals surface area (Å²) in [6.07, 6.45) is 2.41. The highest BCUT2D eigenvalue weighted by Crippen LogP contribution is 2.24. The number of rotatable bonds is 5. The molecule has 1 saturated heterocycles. The summed E-state index contributed by atoms with van der Waals surface area (Å²) < 4.78 is 26.6. The van der Waals surface area contributed by atoms with Crippen LogP contribution in [0.15, 0.2) is 42.5 Å². The fraction of sp³-hybridized carbons (Fsp3) is 0.381. The van der Waals surface area contributed by atoms with Crippen molar-refractivity contribution >= 4 is 23.0 Å². The summed E-state index contributed by atoms with van der Waals surface area (Å²) in [6, 6.07) is 10.5. The molecule has 6 heteroatoms. The van der Waals surface area contributed by atoms with E-state index in [9.17, 15) is 13.6 Å². The second-order valence-electron chi connectivity index (χ2n) is 7.20. The molecule has 0 aliphatic carbocycles. The van der Waals surface area contributed by atoms with Gasteiger partial charge >= 0.3 is 0 Å². The van der Waals surface area contributed by atoms with Crippen molar-refractivity contribution in [3.8, 4) is 0 Å². The van der Waals surface area contributed by atoms with E-state index in [0.717, 1.165) is 36.8 Å². The zero-order valence-electron chi connectivity index (χ0n) is 15.6. The largest absolute Gasteiger partial charge is 0.374 e. The van der Waals surface area contributed by atoms with Gasteiger partial charge in [0.1, 0.15) is 17.7 Å². The van der Waals surface area contributed by atoms with Gasteiger partial charge in [0.15, 0.2) is 0 Å². The number of hydrogen-bond donors (Lipinski definition) is 2. The number of piperidine rings is 1. The van der Waals surface area contributed by atoms with Crippen LogP contribution in [0, 0.1) is 17.6 Å². The van der Waals surface area contributed by atoms with Gasteiger partial charge in [0.2, 0.25) is 5.91 Å². The molecule has 1 fully saturated rings. The maximum Gasteiger partial charge on any atom is 0.246 e. The van der Waals surface area contributed by atoms with Crippen LogP contribution in [0.25, 0.3) is 0 Å². The van der Waals surface area contributed by atoms with E-state index in [1.807, 2.05) is 24.3 Å². The molecule has 1 atom stereocenters. The van der Waals surface area contributed by atoms with E-state index >= 15 is 0 Å². The van der Waals surface area contributed by atoms with Crippen molar-refractivity contribution in [3.63, 3.8) is 0 Å². The van der Waals surface area contributed by atoms with Gasteiger partial charge in [-0.2, -0.15) is 0 Å². The molecule has 1 unspecified atom stereocenters. The summed E-state index contributed by atoms with van der Waals surface area (Å²) in [5.41, 5.74) is 1.95. The van der Waals surface area contributed by atoms with Crippen molar-refractivity contribution in [1.82, 2.24) is 0 Å². The molecule has 2 aromatic carbocycles. The highest BCUT2D eigenvalue weighted by Gasteiger charge is 2.17. The van der Waals surface area contributed by atoms with Crippen molar-refractivity contribution in [2.24, 2.45) is 5.92 Å². The molecule has 1 heterocycles. The molecule has 1 aliphatic rings. The number of carbonyl (C=O) groups excluding carboxylic acids is 1. The molecule has 27 heavy (non-hydrogen) atoms. The Hall–Kier alpha value is -2.63. The Morgan fingerprint density at radius 2 is 1.78 bits per heavy atom. The van der Waals surface area contributed by atoms with Gasteiger partial charge in [-0.1, -0.05) is 6.92 Å². The maximum absolute atomic E-state index is 13.7. The lowest BCUT2D eigenvalue weighted by Crippen LogP contribution is -2.33. The van der Waals surface area contributed by atoms with E-state index in [1.165, 1.54) is 24.6 Å². The van der Waals surface area contributed by atoms with Gasteiger partial charge < -0.3 is 15.5 Å². The lowest BCUT2D eigenvalue weighted by Gasteiger charge is -2.32. The van der Waals surface area contributed by atoms with Gasteiger partial charge in [-0.25, -0.2) is 8.78 Å². The lowest BCUT2D eigenvalue weighted by atomic mass is 9.99. The highest BCUT2D eigenvalue weighted by molar-refractivity contribution is 5.96. The first-order valence-electron chi connectivity index (χ1n) is 9.30. The zero-order chi connectivity index (χ0) is 19.4. The second kappa shape index (κ2) is 8.37. The molecule has 0 radical (unpaired) electrons. The van der Waals surface area contributed by atoms with Crippen LogP contribution in [-0.2, 0) is 4.79 Å². The van der Waals surface area contributed by atoms with Crippen LogP contribution in [0.4, 0.5) is 25.8 Å². The number of benzene rings is 2. The molecule has 4 nitrogen and oxygen atoms in total. The number of anilines is 3. The van der Waals surface area contributed by atoms with Gasteiger partial charge in [0.25, 0.3) is 0 Å². The molecule has 0 spiro atoms. The Bertz CT molecular complexity index is 787. The molecule has 2 aromatic rings. The molecule has 3 rings (SSSR count). The molecular formula is C21H25F2N3O. The van der Waals surface area contributed by atoms with Gasteiger partial charge in [-0.05, 0) is 62.1 Å². The minimum atomic E-state index is -0.796. The zero-order valence-corrected chi connectivity index (χ0v) is 15.6. The molecule has 0 bridgehead atoms. The Labute approximate surface area is 158 Å². The summed E-state index contributed by atoms with van der Waals surface area (Å²) in [7, 11) is 0. The number of carbonyl (C=O) groups is 1. The van der Waals surface area contributed by atoms with E-state index in [4.69, 9.17) is 0 Å². The smallest absolute Gasteiger partial charge is 0.246 e. The first-order valence-corrected chi connectivity index (χ1v) is 9.30. The number of amides is 1. The van der Waals surface area contributed by atoms with E-state index < -0.39 is 23.6 Å². The second-order valence-corrected chi connectivity index (χ2v) is 7.20. The number of nitrogens with zero attached hydrogens (tertiary/aromatic N) is 1. The Morgan fingerprint density at radius 3 is 2.41 bits per heavy atom. The average Bonchev–Trinajstić information content (AvgIpc) is 2.65. The minimum Gasteiger partial charge on any atom is -0.374 e. The average molecular weight is 373 g/mol. The minimum absolute atomic E-state index is 0.0373. The Kier molecular flexibility index (Phi) is 5.94. The summed E-state index contributed by atoms with van der Waals surface area (Å²) in [6.45, 7) is 6.11. The molecule has 1 amide bonds. The fourth-order valence-electron chi connectivity index (χ4n) is 3.18. The highest BCUT2D eigenvalue weighted by atomic mass is 19.1. The predicted molar refractivity (Wildman–Crippen MR) is 105 cm³/mol. The van der Waals surface area contributed by atoms with E-state index in [0.29, 0.717) is 0 Å². The van der Waals surface area contributed by atoms with Crippen LogP contribution < -0.4 is 15.5 Å². The quantitative estimate of drug-likeness (QED) is 0.802. The third-order valence-corrected chi connectivity index (χ3v) is 4.98. The van der Waals surface area contributed by atoms with Crippen LogP contribution in [-0.4, -0.2) is 25.0 Å². The van der Waals surface area contributed by atoms with Crippen LogP contribution in [0.3, 0.4) is 0 Å². The summed E-state index contributed by atoms with van der Waals surface area (Å²) in [4.78, 5) is 14.6. The lowest BCUT2D eigenvalue weighted by molar-refractivity contribution is -0.116. The third kappa shape index (κ3) is 4.96. The standard InChI is InChI=1S/C21H25F2N3O/c1-14-9-11-26(12-10-14)18-6-4-17(5-7-18)24-15(2)21(27)25-20-8-3-16(22)13-19(20)23/h3-8,13-15,24H,9-12H2,1-2H3,(H,25,27). The van der Waals surface area contributed by atoms with Crippen molar-refractivity contribution in [1.29, 1.82) is 0 Å². The van der Waals surface area contributed by atoms with Crippen molar-refractivity contribution in [2.75, 3.05) is 28.6 Å². The molecular weight excluding hydrogens is 348 g/mol. The van der Waals surface area contributed by atoms with E-state index in [2.05, 4.69) is 22.5 Å². The van der Waals surface area contributed by atoms with Crippen molar-refractivity contribution in [3.05, 3.63) is 54.1 Å². The van der Waals surface area contributed by atoms with Gasteiger partial charge in [-0.15, -0.1) is 0 Å². The summed E-state index contributed by atoms with van der Waals surface area (Å²) >= 11 is 0. The normalized spacial score (nSPS) is 16.1. The Morgan fingerprint density at radius 1 is 1.11 bits per heavy atom. The van der Waals surface area contributed by atoms with Crippen LogP contribution >= 0.6 is 0 Å².